The number of rotatable bonds is 3. The van der Waals surface area contributed by atoms with Crippen molar-refractivity contribution in [3.8, 4) is 0 Å². The van der Waals surface area contributed by atoms with E-state index in [2.05, 4.69) is 15.5 Å². The number of carbonyl (C=O) groups excluding carboxylic acids is 1. The lowest BCUT2D eigenvalue weighted by molar-refractivity contribution is 0.0194. The first-order chi connectivity index (χ1) is 10.8. The number of hydrogen-bond acceptors (Lipinski definition) is 2. The molecular formula is C18H31N3O. The van der Waals surface area contributed by atoms with Crippen molar-refractivity contribution in [3.63, 3.8) is 0 Å². The van der Waals surface area contributed by atoms with Crippen molar-refractivity contribution in [3.05, 3.63) is 0 Å². The van der Waals surface area contributed by atoms with Crippen LogP contribution in [-0.4, -0.2) is 41.1 Å². The summed E-state index contributed by atoms with van der Waals surface area (Å²) in [6.45, 7) is 0. The summed E-state index contributed by atoms with van der Waals surface area (Å²) in [4.78, 5) is 15.1. The minimum atomic E-state index is 0.0924. The quantitative estimate of drug-likeness (QED) is 0.841. The normalized spacial score (nSPS) is 36.8. The Balaban J connectivity index is 1.29. The number of amides is 2. The van der Waals surface area contributed by atoms with Gasteiger partial charge in [-0.05, 0) is 51.4 Å². The van der Waals surface area contributed by atoms with E-state index < -0.39 is 0 Å². The van der Waals surface area contributed by atoms with Crippen LogP contribution in [0.25, 0.3) is 0 Å². The summed E-state index contributed by atoms with van der Waals surface area (Å²) in [5.41, 5.74) is 0. The van der Waals surface area contributed by atoms with Crippen LogP contribution in [0.15, 0.2) is 0 Å². The van der Waals surface area contributed by atoms with Crippen LogP contribution in [0, 0.1) is 0 Å². The molecule has 2 heterocycles. The van der Waals surface area contributed by atoms with Crippen molar-refractivity contribution >= 4 is 6.03 Å². The van der Waals surface area contributed by atoms with Crippen LogP contribution < -0.4 is 10.6 Å². The van der Waals surface area contributed by atoms with Gasteiger partial charge in [0.2, 0.25) is 0 Å². The van der Waals surface area contributed by atoms with Gasteiger partial charge in [0.1, 0.15) is 0 Å². The highest BCUT2D eigenvalue weighted by molar-refractivity contribution is 5.74. The summed E-state index contributed by atoms with van der Waals surface area (Å²) in [7, 11) is 0. The second-order valence-corrected chi connectivity index (χ2v) is 8.04. The number of piperidine rings is 2. The average molecular weight is 305 g/mol. The lowest BCUT2D eigenvalue weighted by Crippen LogP contribution is -2.59. The summed E-state index contributed by atoms with van der Waals surface area (Å²) >= 11 is 0. The van der Waals surface area contributed by atoms with E-state index in [1.807, 2.05) is 0 Å². The van der Waals surface area contributed by atoms with Crippen LogP contribution >= 0.6 is 0 Å². The van der Waals surface area contributed by atoms with E-state index in [1.54, 1.807) is 0 Å². The first-order valence-corrected chi connectivity index (χ1v) is 9.64. The molecule has 2 saturated heterocycles. The third kappa shape index (κ3) is 3.27. The molecule has 0 spiro atoms. The molecule has 4 aliphatic rings. The van der Waals surface area contributed by atoms with Gasteiger partial charge in [0.15, 0.2) is 0 Å². The molecule has 22 heavy (non-hydrogen) atoms. The maximum absolute atomic E-state index is 12.3. The molecule has 0 radical (unpaired) electrons. The largest absolute Gasteiger partial charge is 0.335 e. The van der Waals surface area contributed by atoms with Crippen molar-refractivity contribution < 1.29 is 4.79 Å². The molecule has 2 N–H and O–H groups in total. The van der Waals surface area contributed by atoms with Gasteiger partial charge in [0.25, 0.3) is 0 Å². The van der Waals surface area contributed by atoms with Gasteiger partial charge in [-0.25, -0.2) is 4.79 Å². The van der Waals surface area contributed by atoms with Gasteiger partial charge in [-0.15, -0.1) is 0 Å². The van der Waals surface area contributed by atoms with E-state index in [9.17, 15) is 4.79 Å². The zero-order chi connectivity index (χ0) is 14.9. The Kier molecular flexibility index (Phi) is 4.29. The van der Waals surface area contributed by atoms with Gasteiger partial charge in [0.05, 0.1) is 0 Å². The molecule has 2 amide bonds. The van der Waals surface area contributed by atoms with Gasteiger partial charge in [-0.3, -0.25) is 4.90 Å². The zero-order valence-corrected chi connectivity index (χ0v) is 13.7. The molecule has 2 unspecified atom stereocenters. The topological polar surface area (TPSA) is 44.4 Å². The maximum atomic E-state index is 12.3. The predicted octanol–water partition coefficient (Wildman–Crippen LogP) is 3.17. The highest BCUT2D eigenvalue weighted by Gasteiger charge is 2.45. The average Bonchev–Trinajstić information content (AvgIpc) is 3.31. The number of nitrogens with one attached hydrogen (secondary N) is 2. The number of carbonyl (C=O) groups is 1. The molecule has 4 rings (SSSR count). The standard InChI is InChI=1S/C18H31N3O/c22-18(19-13-5-2-1-3-6-13)20-14-11-16-7-4-8-17(12-14)21(16)15-9-10-15/h13-17H,1-12H2,(H2,19,20,22). The first-order valence-electron chi connectivity index (χ1n) is 9.64. The molecule has 124 valence electrons. The summed E-state index contributed by atoms with van der Waals surface area (Å²) < 4.78 is 0. The fraction of sp³-hybridized carbons (Fsp3) is 0.944. The third-order valence-corrected chi connectivity index (χ3v) is 6.28. The van der Waals surface area contributed by atoms with Crippen LogP contribution in [-0.2, 0) is 0 Å². The Labute approximate surface area is 134 Å². The SMILES string of the molecule is O=C(NC1CCCCC1)NC1CC2CCCC(C1)N2C1CC1. The number of fused-ring (bicyclic) bond motifs is 2. The van der Waals surface area contributed by atoms with E-state index in [0.717, 1.165) is 18.1 Å². The van der Waals surface area contributed by atoms with Crippen molar-refractivity contribution in [2.75, 3.05) is 0 Å². The maximum Gasteiger partial charge on any atom is 0.315 e. The lowest BCUT2D eigenvalue weighted by Gasteiger charge is -2.49. The molecule has 4 nitrogen and oxygen atoms in total. The Morgan fingerprint density at radius 2 is 1.32 bits per heavy atom. The molecule has 0 aromatic rings. The molecule has 2 aliphatic carbocycles. The molecule has 4 fully saturated rings. The molecule has 2 bridgehead atoms. The summed E-state index contributed by atoms with van der Waals surface area (Å²) in [5.74, 6) is 0. The minimum Gasteiger partial charge on any atom is -0.335 e. The Morgan fingerprint density at radius 1 is 0.682 bits per heavy atom. The third-order valence-electron chi connectivity index (χ3n) is 6.28. The highest BCUT2D eigenvalue weighted by atomic mass is 16.2. The van der Waals surface area contributed by atoms with Crippen LogP contribution in [0.3, 0.4) is 0 Å². The van der Waals surface area contributed by atoms with Crippen LogP contribution in [0.2, 0.25) is 0 Å². The summed E-state index contributed by atoms with van der Waals surface area (Å²) in [6, 6.07) is 3.26. The molecule has 0 aromatic carbocycles. The van der Waals surface area contributed by atoms with Crippen molar-refractivity contribution in [2.45, 2.75) is 107 Å². The number of hydrogen-bond donors (Lipinski definition) is 2. The fourth-order valence-electron chi connectivity index (χ4n) is 5.16. The number of urea groups is 1. The van der Waals surface area contributed by atoms with Crippen molar-refractivity contribution in [2.24, 2.45) is 0 Å². The van der Waals surface area contributed by atoms with Crippen LogP contribution in [0.5, 0.6) is 0 Å². The minimum absolute atomic E-state index is 0.0924. The van der Waals surface area contributed by atoms with Gasteiger partial charge in [-0.1, -0.05) is 25.7 Å². The molecule has 2 aliphatic heterocycles. The van der Waals surface area contributed by atoms with Gasteiger partial charge in [0, 0.05) is 30.2 Å². The molecule has 0 aromatic heterocycles. The fourth-order valence-corrected chi connectivity index (χ4v) is 5.16. The second-order valence-electron chi connectivity index (χ2n) is 8.04. The number of nitrogens with zero attached hydrogens (tertiary/aromatic N) is 1. The monoisotopic (exact) mass is 305 g/mol. The van der Waals surface area contributed by atoms with E-state index in [1.165, 1.54) is 77.0 Å². The van der Waals surface area contributed by atoms with Crippen molar-refractivity contribution in [1.29, 1.82) is 0 Å². The smallest absolute Gasteiger partial charge is 0.315 e. The molecule has 4 heteroatoms. The Bertz CT molecular complexity index is 389. The van der Waals surface area contributed by atoms with E-state index >= 15 is 0 Å². The second kappa shape index (κ2) is 6.38. The molecular weight excluding hydrogens is 274 g/mol. The first kappa shape index (κ1) is 14.8. The zero-order valence-electron chi connectivity index (χ0n) is 13.7. The summed E-state index contributed by atoms with van der Waals surface area (Å²) in [5, 5.41) is 6.51. The highest BCUT2D eigenvalue weighted by Crippen LogP contribution is 2.41. The Hall–Kier alpha value is -0.770. The predicted molar refractivity (Wildman–Crippen MR) is 87.9 cm³/mol. The van der Waals surface area contributed by atoms with E-state index in [-0.39, 0.29) is 6.03 Å². The van der Waals surface area contributed by atoms with Crippen LogP contribution in [0.4, 0.5) is 4.79 Å². The molecule has 2 atom stereocenters. The van der Waals surface area contributed by atoms with Gasteiger partial charge in [-0.2, -0.15) is 0 Å². The summed E-state index contributed by atoms with van der Waals surface area (Å²) in [6.07, 6.45) is 15.4. The van der Waals surface area contributed by atoms with Gasteiger partial charge >= 0.3 is 6.03 Å². The van der Waals surface area contributed by atoms with Gasteiger partial charge < -0.3 is 10.6 Å². The van der Waals surface area contributed by atoms with Crippen LogP contribution in [0.1, 0.15) is 77.0 Å². The molecule has 2 saturated carbocycles. The van der Waals surface area contributed by atoms with E-state index in [0.29, 0.717) is 12.1 Å². The van der Waals surface area contributed by atoms with Crippen molar-refractivity contribution in [1.82, 2.24) is 15.5 Å². The van der Waals surface area contributed by atoms with E-state index in [4.69, 9.17) is 0 Å². The lowest BCUT2D eigenvalue weighted by atomic mass is 9.81. The Morgan fingerprint density at radius 3 is 1.95 bits per heavy atom.